The maximum atomic E-state index is 12.7. The van der Waals surface area contributed by atoms with Crippen molar-refractivity contribution in [3.8, 4) is 5.75 Å². The van der Waals surface area contributed by atoms with Crippen molar-refractivity contribution in [2.75, 3.05) is 0 Å². The molecule has 0 bridgehead atoms. The van der Waals surface area contributed by atoms with E-state index in [4.69, 9.17) is 10.5 Å². The molecule has 0 aliphatic heterocycles. The lowest BCUT2D eigenvalue weighted by Gasteiger charge is -2.27. The predicted molar refractivity (Wildman–Crippen MR) is 76.6 cm³/mol. The van der Waals surface area contributed by atoms with E-state index in [-0.39, 0.29) is 16.8 Å². The summed E-state index contributed by atoms with van der Waals surface area (Å²) in [5, 5.41) is 4.02. The zero-order valence-electron chi connectivity index (χ0n) is 12.2. The van der Waals surface area contributed by atoms with Crippen LogP contribution in [0.25, 0.3) is 10.9 Å². The normalized spacial score (nSPS) is 23.0. The van der Waals surface area contributed by atoms with Crippen LogP contribution in [0.4, 0.5) is 13.2 Å². The van der Waals surface area contributed by atoms with E-state index in [2.05, 4.69) is 5.10 Å². The van der Waals surface area contributed by atoms with E-state index in [1.807, 2.05) is 0 Å². The first-order valence-corrected chi connectivity index (χ1v) is 7.33. The second kappa shape index (κ2) is 5.46. The maximum absolute atomic E-state index is 12.7. The number of ether oxygens (including phenoxy) is 1. The van der Waals surface area contributed by atoms with Gasteiger partial charge in [0.15, 0.2) is 0 Å². The first kappa shape index (κ1) is 15.1. The number of aryl methyl sites for hydroxylation is 1. The lowest BCUT2D eigenvalue weighted by Crippen LogP contribution is -2.31. The molecule has 1 heterocycles. The SMILES string of the molecule is Cc1c(OC2CCC(N)CC2)ccc2nn(C(F)(F)F)cc12. The van der Waals surface area contributed by atoms with Crippen molar-refractivity contribution >= 4 is 10.9 Å². The van der Waals surface area contributed by atoms with Gasteiger partial charge in [-0.15, -0.1) is 13.2 Å². The van der Waals surface area contributed by atoms with Crippen LogP contribution in [-0.4, -0.2) is 21.9 Å². The Labute approximate surface area is 126 Å². The largest absolute Gasteiger partial charge is 0.504 e. The minimum Gasteiger partial charge on any atom is -0.490 e. The molecule has 0 amide bonds. The molecule has 7 heteroatoms. The number of fused-ring (bicyclic) bond motifs is 1. The summed E-state index contributed by atoms with van der Waals surface area (Å²) in [5.74, 6) is 0.620. The zero-order valence-corrected chi connectivity index (χ0v) is 12.2. The molecule has 1 fully saturated rings. The molecule has 1 aromatic carbocycles. The summed E-state index contributed by atoms with van der Waals surface area (Å²) in [5.41, 5.74) is 6.86. The minimum absolute atomic E-state index is 0.0358. The van der Waals surface area contributed by atoms with Gasteiger partial charge in [-0.05, 0) is 44.7 Å². The number of halogens is 3. The molecular weight excluding hydrogens is 295 g/mol. The van der Waals surface area contributed by atoms with Crippen LogP contribution in [0, 0.1) is 6.92 Å². The van der Waals surface area contributed by atoms with E-state index in [0.29, 0.717) is 22.2 Å². The van der Waals surface area contributed by atoms with Gasteiger partial charge in [0.05, 0.1) is 11.6 Å². The molecule has 0 saturated heterocycles. The van der Waals surface area contributed by atoms with Gasteiger partial charge in [-0.1, -0.05) is 0 Å². The fourth-order valence-corrected chi connectivity index (χ4v) is 2.86. The van der Waals surface area contributed by atoms with Gasteiger partial charge in [0.25, 0.3) is 0 Å². The molecule has 1 saturated carbocycles. The standard InChI is InChI=1S/C15H18F3N3O/c1-9-12-8-21(15(16,17)18)20-13(12)6-7-14(9)22-11-4-2-10(19)3-5-11/h6-8,10-11H,2-5,19H2,1H3. The van der Waals surface area contributed by atoms with Crippen LogP contribution in [0.2, 0.25) is 0 Å². The number of hydrogen-bond acceptors (Lipinski definition) is 3. The highest BCUT2D eigenvalue weighted by Gasteiger charge is 2.32. The van der Waals surface area contributed by atoms with Gasteiger partial charge in [-0.2, -0.15) is 9.78 Å². The quantitative estimate of drug-likeness (QED) is 0.923. The molecule has 22 heavy (non-hydrogen) atoms. The third kappa shape index (κ3) is 2.90. The molecule has 1 aliphatic rings. The fraction of sp³-hybridized carbons (Fsp3) is 0.533. The van der Waals surface area contributed by atoms with Crippen molar-refractivity contribution in [3.05, 3.63) is 23.9 Å². The predicted octanol–water partition coefficient (Wildman–Crippen LogP) is 3.47. The Kier molecular flexibility index (Phi) is 3.76. The van der Waals surface area contributed by atoms with E-state index in [9.17, 15) is 13.2 Å². The van der Waals surface area contributed by atoms with Gasteiger partial charge in [0.1, 0.15) is 5.75 Å². The number of benzene rings is 1. The van der Waals surface area contributed by atoms with Gasteiger partial charge in [0.2, 0.25) is 0 Å². The lowest BCUT2D eigenvalue weighted by molar-refractivity contribution is -0.211. The van der Waals surface area contributed by atoms with E-state index in [0.717, 1.165) is 31.9 Å². The average molecular weight is 313 g/mol. The Balaban J connectivity index is 1.86. The van der Waals surface area contributed by atoms with Gasteiger partial charge in [-0.3, -0.25) is 0 Å². The first-order chi connectivity index (χ1) is 10.3. The summed E-state index contributed by atoms with van der Waals surface area (Å²) in [7, 11) is 0. The number of rotatable bonds is 2. The summed E-state index contributed by atoms with van der Waals surface area (Å²) in [6, 6.07) is 3.49. The Hall–Kier alpha value is -1.76. The second-order valence-electron chi connectivity index (χ2n) is 5.82. The topological polar surface area (TPSA) is 53.1 Å². The van der Waals surface area contributed by atoms with E-state index < -0.39 is 6.30 Å². The summed E-state index contributed by atoms with van der Waals surface area (Å²) in [6.45, 7) is 1.76. The van der Waals surface area contributed by atoms with Crippen molar-refractivity contribution < 1.29 is 17.9 Å². The summed E-state index contributed by atoms with van der Waals surface area (Å²) >= 11 is 0. The van der Waals surface area contributed by atoms with E-state index in [1.54, 1.807) is 19.1 Å². The van der Waals surface area contributed by atoms with Crippen molar-refractivity contribution in [2.45, 2.75) is 51.1 Å². The van der Waals surface area contributed by atoms with Crippen LogP contribution >= 0.6 is 0 Å². The molecule has 120 valence electrons. The summed E-state index contributed by atoms with van der Waals surface area (Å²) in [4.78, 5) is 0. The van der Waals surface area contributed by atoms with Crippen LogP contribution in [0.15, 0.2) is 18.3 Å². The molecule has 0 spiro atoms. The molecular formula is C15H18F3N3O. The number of nitrogens with two attached hydrogens (primary N) is 1. The highest BCUT2D eigenvalue weighted by molar-refractivity contribution is 5.84. The molecule has 0 unspecified atom stereocenters. The van der Waals surface area contributed by atoms with Gasteiger partial charge in [0, 0.05) is 23.2 Å². The number of nitrogens with zero attached hydrogens (tertiary/aromatic N) is 2. The zero-order chi connectivity index (χ0) is 15.9. The Morgan fingerprint density at radius 3 is 2.55 bits per heavy atom. The smallest absolute Gasteiger partial charge is 0.490 e. The molecule has 2 N–H and O–H groups in total. The summed E-state index contributed by atoms with van der Waals surface area (Å²) in [6.07, 6.45) is 0.158. The van der Waals surface area contributed by atoms with E-state index in [1.165, 1.54) is 0 Å². The molecule has 0 radical (unpaired) electrons. The number of hydrogen-bond donors (Lipinski definition) is 1. The number of alkyl halides is 3. The van der Waals surface area contributed by atoms with Crippen LogP contribution in [0.3, 0.4) is 0 Å². The summed E-state index contributed by atoms with van der Waals surface area (Å²) < 4.78 is 44.2. The van der Waals surface area contributed by atoms with Crippen molar-refractivity contribution in [1.82, 2.24) is 9.78 Å². The maximum Gasteiger partial charge on any atom is 0.504 e. The van der Waals surface area contributed by atoms with E-state index >= 15 is 0 Å². The lowest BCUT2D eigenvalue weighted by atomic mass is 9.93. The molecule has 2 aromatic rings. The fourth-order valence-electron chi connectivity index (χ4n) is 2.86. The molecule has 1 aromatic heterocycles. The van der Waals surface area contributed by atoms with Crippen molar-refractivity contribution in [3.63, 3.8) is 0 Å². The highest BCUT2D eigenvalue weighted by Crippen LogP contribution is 2.32. The third-order valence-corrected chi connectivity index (χ3v) is 4.18. The van der Waals surface area contributed by atoms with Crippen LogP contribution in [-0.2, 0) is 6.30 Å². The molecule has 3 rings (SSSR count). The minimum atomic E-state index is -4.51. The number of aromatic nitrogens is 2. The van der Waals surface area contributed by atoms with Crippen molar-refractivity contribution in [1.29, 1.82) is 0 Å². The van der Waals surface area contributed by atoms with Crippen LogP contribution in [0.5, 0.6) is 5.75 Å². The van der Waals surface area contributed by atoms with Crippen molar-refractivity contribution in [2.24, 2.45) is 5.73 Å². The second-order valence-corrected chi connectivity index (χ2v) is 5.82. The van der Waals surface area contributed by atoms with Crippen LogP contribution in [0.1, 0.15) is 31.2 Å². The Morgan fingerprint density at radius 2 is 1.91 bits per heavy atom. The molecule has 0 atom stereocenters. The average Bonchev–Trinajstić information content (AvgIpc) is 2.89. The first-order valence-electron chi connectivity index (χ1n) is 7.33. The Morgan fingerprint density at radius 1 is 1.23 bits per heavy atom. The van der Waals surface area contributed by atoms with Gasteiger partial charge in [-0.25, -0.2) is 0 Å². The Bertz CT molecular complexity index is 672. The van der Waals surface area contributed by atoms with Crippen LogP contribution < -0.4 is 10.5 Å². The van der Waals surface area contributed by atoms with Gasteiger partial charge >= 0.3 is 6.30 Å². The molecule has 1 aliphatic carbocycles. The van der Waals surface area contributed by atoms with Gasteiger partial charge < -0.3 is 10.5 Å². The molecule has 4 nitrogen and oxygen atoms in total. The third-order valence-electron chi connectivity index (χ3n) is 4.18. The monoisotopic (exact) mass is 313 g/mol. The highest BCUT2D eigenvalue weighted by atomic mass is 19.4.